The minimum absolute atomic E-state index is 0.271. The lowest BCUT2D eigenvalue weighted by Crippen LogP contribution is -2.31. The molecule has 1 aliphatic rings. The van der Waals surface area contributed by atoms with Gasteiger partial charge < -0.3 is 15.0 Å². The number of piperidine rings is 1. The number of nitrogens with one attached hydrogen (secondary N) is 1. The molecule has 0 atom stereocenters. The van der Waals surface area contributed by atoms with Crippen molar-refractivity contribution in [3.63, 3.8) is 0 Å². The van der Waals surface area contributed by atoms with Crippen LogP contribution in [-0.2, 0) is 4.74 Å². The molecule has 2 aromatic rings. The van der Waals surface area contributed by atoms with E-state index in [1.807, 2.05) is 0 Å². The van der Waals surface area contributed by atoms with Gasteiger partial charge in [-0.25, -0.2) is 14.8 Å². The second-order valence-corrected chi connectivity index (χ2v) is 6.04. The molecule has 136 valence electrons. The summed E-state index contributed by atoms with van der Waals surface area (Å²) in [5.74, 6) is -0.194. The molecule has 1 amide bonds. The fourth-order valence-corrected chi connectivity index (χ4v) is 2.87. The summed E-state index contributed by atoms with van der Waals surface area (Å²) in [5, 5.41) is 2.73. The van der Waals surface area contributed by atoms with E-state index in [-0.39, 0.29) is 12.5 Å². The fraction of sp³-hybridized carbons (Fsp3) is 0.368. The molecule has 1 N–H and O–H groups in total. The molecule has 0 radical (unpaired) electrons. The van der Waals surface area contributed by atoms with Gasteiger partial charge in [0.2, 0.25) is 5.95 Å². The van der Waals surface area contributed by atoms with Crippen LogP contribution in [0.15, 0.2) is 36.7 Å². The van der Waals surface area contributed by atoms with Crippen LogP contribution in [0.4, 0.5) is 11.6 Å². The van der Waals surface area contributed by atoms with E-state index in [4.69, 9.17) is 4.74 Å². The van der Waals surface area contributed by atoms with Gasteiger partial charge in [0.25, 0.3) is 5.91 Å². The van der Waals surface area contributed by atoms with Crippen molar-refractivity contribution in [1.82, 2.24) is 9.97 Å². The zero-order valence-electron chi connectivity index (χ0n) is 14.8. The third-order valence-electron chi connectivity index (χ3n) is 4.21. The summed E-state index contributed by atoms with van der Waals surface area (Å²) in [5.41, 5.74) is 1.05. The summed E-state index contributed by atoms with van der Waals surface area (Å²) in [4.78, 5) is 35.2. The molecule has 0 aliphatic carbocycles. The van der Waals surface area contributed by atoms with Gasteiger partial charge in [0.15, 0.2) is 0 Å². The predicted molar refractivity (Wildman–Crippen MR) is 98.4 cm³/mol. The molecule has 3 rings (SSSR count). The number of amides is 1. The highest BCUT2D eigenvalue weighted by atomic mass is 16.5. The Morgan fingerprint density at radius 3 is 2.50 bits per heavy atom. The van der Waals surface area contributed by atoms with Crippen LogP contribution in [-0.4, -0.2) is 41.5 Å². The second kappa shape index (κ2) is 8.42. The molecule has 1 fully saturated rings. The molecule has 0 saturated carbocycles. The lowest BCUT2D eigenvalue weighted by Gasteiger charge is -2.26. The van der Waals surface area contributed by atoms with Gasteiger partial charge in [-0.2, -0.15) is 0 Å². The Hall–Kier alpha value is -2.96. The van der Waals surface area contributed by atoms with Crippen LogP contribution in [0.25, 0.3) is 0 Å². The van der Waals surface area contributed by atoms with Crippen molar-refractivity contribution < 1.29 is 14.3 Å². The molecule has 1 aliphatic heterocycles. The number of ether oxygens (including phenoxy) is 1. The highest BCUT2D eigenvalue weighted by Crippen LogP contribution is 2.18. The topological polar surface area (TPSA) is 84.4 Å². The van der Waals surface area contributed by atoms with Crippen LogP contribution in [0, 0.1) is 0 Å². The number of nitrogens with zero attached hydrogens (tertiary/aromatic N) is 3. The first kappa shape index (κ1) is 17.8. The smallest absolute Gasteiger partial charge is 0.340 e. The summed E-state index contributed by atoms with van der Waals surface area (Å²) in [7, 11) is 0. The number of hydrogen-bond acceptors (Lipinski definition) is 6. The molecule has 0 bridgehead atoms. The SMILES string of the molecule is CCOC(=O)c1ccccc1NC(=O)c1cnc(N2CCCCC2)nc1. The number of hydrogen-bond donors (Lipinski definition) is 1. The average molecular weight is 354 g/mol. The molecule has 0 unspecified atom stereocenters. The van der Waals surface area contributed by atoms with E-state index in [1.54, 1.807) is 31.2 Å². The number of aromatic nitrogens is 2. The molecule has 1 saturated heterocycles. The van der Waals surface area contributed by atoms with Gasteiger partial charge in [-0.1, -0.05) is 12.1 Å². The number of rotatable bonds is 5. The molecule has 0 spiro atoms. The standard InChI is InChI=1S/C19H22N4O3/c1-2-26-18(25)15-8-4-5-9-16(15)22-17(24)14-12-20-19(21-13-14)23-10-6-3-7-11-23/h4-5,8-9,12-13H,2-3,6-7,10-11H2,1H3,(H,22,24). The lowest BCUT2D eigenvalue weighted by atomic mass is 10.1. The van der Waals surface area contributed by atoms with E-state index in [0.717, 1.165) is 25.9 Å². The first-order valence-corrected chi connectivity index (χ1v) is 8.83. The van der Waals surface area contributed by atoms with E-state index in [2.05, 4.69) is 20.2 Å². The van der Waals surface area contributed by atoms with Gasteiger partial charge in [0, 0.05) is 25.5 Å². The van der Waals surface area contributed by atoms with Crippen molar-refractivity contribution in [2.75, 3.05) is 29.9 Å². The number of benzene rings is 1. The Morgan fingerprint density at radius 2 is 1.81 bits per heavy atom. The monoisotopic (exact) mass is 354 g/mol. The van der Waals surface area contributed by atoms with Crippen molar-refractivity contribution >= 4 is 23.5 Å². The van der Waals surface area contributed by atoms with E-state index < -0.39 is 5.97 Å². The van der Waals surface area contributed by atoms with Crippen molar-refractivity contribution in [2.24, 2.45) is 0 Å². The van der Waals surface area contributed by atoms with Crippen LogP contribution in [0.2, 0.25) is 0 Å². The third-order valence-corrected chi connectivity index (χ3v) is 4.21. The zero-order chi connectivity index (χ0) is 18.4. The lowest BCUT2D eigenvalue weighted by molar-refractivity contribution is 0.0527. The number of carbonyl (C=O) groups excluding carboxylic acids is 2. The number of para-hydroxylation sites is 1. The van der Waals surface area contributed by atoms with Crippen LogP contribution in [0.1, 0.15) is 46.9 Å². The summed E-state index contributed by atoms with van der Waals surface area (Å²) in [6.45, 7) is 3.89. The van der Waals surface area contributed by atoms with Crippen LogP contribution in [0.3, 0.4) is 0 Å². The van der Waals surface area contributed by atoms with Crippen molar-refractivity contribution in [3.05, 3.63) is 47.8 Å². The Morgan fingerprint density at radius 1 is 1.12 bits per heavy atom. The van der Waals surface area contributed by atoms with E-state index in [9.17, 15) is 9.59 Å². The van der Waals surface area contributed by atoms with E-state index in [1.165, 1.54) is 18.8 Å². The highest BCUT2D eigenvalue weighted by molar-refractivity contribution is 6.07. The maximum atomic E-state index is 12.5. The Bertz CT molecular complexity index is 771. The summed E-state index contributed by atoms with van der Waals surface area (Å²) >= 11 is 0. The maximum Gasteiger partial charge on any atom is 0.340 e. The van der Waals surface area contributed by atoms with E-state index in [0.29, 0.717) is 22.8 Å². The quantitative estimate of drug-likeness (QED) is 0.831. The molecule has 26 heavy (non-hydrogen) atoms. The van der Waals surface area contributed by atoms with Gasteiger partial charge in [-0.3, -0.25) is 4.79 Å². The van der Waals surface area contributed by atoms with Crippen molar-refractivity contribution in [2.45, 2.75) is 26.2 Å². The minimum atomic E-state index is -0.472. The molecule has 7 heteroatoms. The molecule has 1 aromatic heterocycles. The zero-order valence-corrected chi connectivity index (χ0v) is 14.8. The largest absolute Gasteiger partial charge is 0.462 e. The van der Waals surface area contributed by atoms with Gasteiger partial charge >= 0.3 is 5.97 Å². The first-order chi connectivity index (χ1) is 12.7. The Labute approximate surface area is 152 Å². The fourth-order valence-electron chi connectivity index (χ4n) is 2.87. The predicted octanol–water partition coefficient (Wildman–Crippen LogP) is 2.90. The van der Waals surface area contributed by atoms with Crippen LogP contribution in [0.5, 0.6) is 0 Å². The molecular formula is C19H22N4O3. The summed E-state index contributed by atoms with van der Waals surface area (Å²) in [6.07, 6.45) is 6.53. The maximum absolute atomic E-state index is 12.5. The normalized spacial score (nSPS) is 14.0. The van der Waals surface area contributed by atoms with Crippen molar-refractivity contribution in [3.8, 4) is 0 Å². The summed E-state index contributed by atoms with van der Waals surface area (Å²) in [6, 6.07) is 6.74. The summed E-state index contributed by atoms with van der Waals surface area (Å²) < 4.78 is 5.02. The van der Waals surface area contributed by atoms with Crippen molar-refractivity contribution in [1.29, 1.82) is 0 Å². The van der Waals surface area contributed by atoms with Crippen LogP contribution < -0.4 is 10.2 Å². The van der Waals surface area contributed by atoms with Gasteiger partial charge in [0.1, 0.15) is 0 Å². The molecule has 2 heterocycles. The Kier molecular flexibility index (Phi) is 5.78. The minimum Gasteiger partial charge on any atom is -0.462 e. The van der Waals surface area contributed by atoms with Gasteiger partial charge in [-0.15, -0.1) is 0 Å². The second-order valence-electron chi connectivity index (χ2n) is 6.04. The first-order valence-electron chi connectivity index (χ1n) is 8.83. The Balaban J connectivity index is 1.71. The number of carbonyl (C=O) groups is 2. The highest BCUT2D eigenvalue weighted by Gasteiger charge is 2.17. The average Bonchev–Trinajstić information content (AvgIpc) is 2.69. The number of esters is 1. The van der Waals surface area contributed by atoms with Crippen LogP contribution >= 0.6 is 0 Å². The molecule has 7 nitrogen and oxygen atoms in total. The molecule has 1 aromatic carbocycles. The van der Waals surface area contributed by atoms with Gasteiger partial charge in [-0.05, 0) is 38.3 Å². The molecular weight excluding hydrogens is 332 g/mol. The third kappa shape index (κ3) is 4.17. The van der Waals surface area contributed by atoms with E-state index >= 15 is 0 Å². The van der Waals surface area contributed by atoms with Gasteiger partial charge in [0.05, 0.1) is 23.4 Å². The number of anilines is 2.